The molecule has 3 fully saturated rings. The average Bonchev–Trinajstić information content (AvgIpc) is 2.58. The van der Waals surface area contributed by atoms with E-state index in [-0.39, 0.29) is 0 Å². The van der Waals surface area contributed by atoms with Crippen LogP contribution in [0.4, 0.5) is 0 Å². The second-order valence-electron chi connectivity index (χ2n) is 5.82. The van der Waals surface area contributed by atoms with Gasteiger partial charge in [-0.2, -0.15) is 0 Å². The molecule has 81 valence electrons. The van der Waals surface area contributed by atoms with Gasteiger partial charge in [0.15, 0.2) is 0 Å². The average molecular weight is 222 g/mol. The number of rotatable bonds is 0. The van der Waals surface area contributed by atoms with Gasteiger partial charge >= 0.3 is 0 Å². The van der Waals surface area contributed by atoms with Crippen LogP contribution in [0.3, 0.4) is 0 Å². The fourth-order valence-electron chi connectivity index (χ4n) is 3.42. The molecular weight excluding hydrogens is 205 g/mol. The van der Waals surface area contributed by atoms with Crippen LogP contribution in [0.2, 0.25) is 10.6 Å². The molecule has 0 spiro atoms. The molecule has 0 N–H and O–H groups in total. The van der Waals surface area contributed by atoms with Gasteiger partial charge in [0, 0.05) is 7.05 Å². The van der Waals surface area contributed by atoms with Crippen molar-refractivity contribution in [2.75, 3.05) is 7.05 Å². The van der Waals surface area contributed by atoms with E-state index in [4.69, 9.17) is 17.0 Å². The van der Waals surface area contributed by atoms with E-state index in [0.29, 0.717) is 27.9 Å². The van der Waals surface area contributed by atoms with E-state index in [1.807, 2.05) is 0 Å². The smallest absolute Gasteiger partial charge is 0.259 e. The predicted molar refractivity (Wildman–Crippen MR) is 65.4 cm³/mol. The van der Waals surface area contributed by atoms with Crippen LogP contribution in [0.1, 0.15) is 33.1 Å². The lowest BCUT2D eigenvalue weighted by atomic mass is 9.80. The molecule has 2 aliphatic heterocycles. The summed E-state index contributed by atoms with van der Waals surface area (Å²) in [6, 6.07) is 0.521. The largest absolute Gasteiger partial charge is 0.465 e. The zero-order valence-electron chi connectivity index (χ0n) is 9.62. The molecule has 2 heterocycles. The Morgan fingerprint density at radius 2 is 2.20 bits per heavy atom. The Morgan fingerprint density at radius 1 is 1.47 bits per heavy atom. The predicted octanol–water partition coefficient (Wildman–Crippen LogP) is 2.23. The lowest BCUT2D eigenvalue weighted by molar-refractivity contribution is 0.176. The van der Waals surface area contributed by atoms with Crippen molar-refractivity contribution in [1.29, 1.82) is 0 Å². The van der Waals surface area contributed by atoms with Crippen molar-refractivity contribution >= 4 is 24.7 Å². The fourth-order valence-corrected chi connectivity index (χ4v) is 3.67. The van der Waals surface area contributed by atoms with Crippen molar-refractivity contribution in [3.05, 3.63) is 0 Å². The van der Waals surface area contributed by atoms with Crippen LogP contribution in [-0.2, 0) is 4.74 Å². The molecule has 0 bridgehead atoms. The maximum atomic E-state index is 5.80. The summed E-state index contributed by atoms with van der Waals surface area (Å²) < 4.78 is 5.80. The minimum Gasteiger partial charge on any atom is -0.465 e. The lowest BCUT2D eigenvalue weighted by Gasteiger charge is -2.21. The summed E-state index contributed by atoms with van der Waals surface area (Å²) in [6.45, 7) is 4.74. The van der Waals surface area contributed by atoms with Gasteiger partial charge in [-0.1, -0.05) is 30.9 Å². The molecule has 2 nitrogen and oxygen atoms in total. The third kappa shape index (κ3) is 1.20. The highest BCUT2D eigenvalue weighted by molar-refractivity contribution is 7.80. The molecular formula is C11H17BNOS. The Hall–Kier alpha value is -0.245. The molecule has 3 aliphatic rings. The number of nitrogens with zero attached hydrogens (tertiary/aromatic N) is 1. The maximum absolute atomic E-state index is 5.80. The number of ether oxygens (including phenoxy) is 1. The normalized spacial score (nSPS) is 52.5. The number of hydrogen-bond donors (Lipinski definition) is 0. The summed E-state index contributed by atoms with van der Waals surface area (Å²) in [7, 11) is 4.57. The maximum Gasteiger partial charge on any atom is 0.259 e. The van der Waals surface area contributed by atoms with E-state index in [1.54, 1.807) is 0 Å². The van der Waals surface area contributed by atoms with Crippen LogP contribution in [-0.4, -0.2) is 36.5 Å². The van der Waals surface area contributed by atoms with Crippen LogP contribution in [0.15, 0.2) is 0 Å². The van der Waals surface area contributed by atoms with Crippen molar-refractivity contribution < 1.29 is 4.74 Å². The fraction of sp³-hybridized carbons (Fsp3) is 0.909. The quantitative estimate of drug-likeness (QED) is 0.460. The molecule has 0 aromatic carbocycles. The van der Waals surface area contributed by atoms with E-state index < -0.39 is 0 Å². The van der Waals surface area contributed by atoms with Gasteiger partial charge in [-0.25, -0.2) is 0 Å². The van der Waals surface area contributed by atoms with E-state index in [2.05, 4.69) is 33.1 Å². The Kier molecular flexibility index (Phi) is 1.79. The Labute approximate surface area is 97.6 Å². The van der Waals surface area contributed by atoms with Gasteiger partial charge in [0.2, 0.25) is 0 Å². The van der Waals surface area contributed by atoms with Gasteiger partial charge in [-0.15, -0.1) is 0 Å². The lowest BCUT2D eigenvalue weighted by Crippen LogP contribution is -2.33. The second-order valence-corrected chi connectivity index (χ2v) is 6.17. The molecule has 4 heteroatoms. The molecule has 0 aromatic rings. The highest BCUT2D eigenvalue weighted by atomic mass is 32.1. The highest BCUT2D eigenvalue weighted by Gasteiger charge is 2.64. The molecule has 15 heavy (non-hydrogen) atoms. The Bertz CT molecular complexity index is 337. The summed E-state index contributed by atoms with van der Waals surface area (Å²) in [5, 5.41) is 1.55. The first-order valence-corrected chi connectivity index (χ1v) is 6.17. The number of likely N-dealkylation sites (N-methyl/N-ethyl adjacent to an activating group) is 1. The summed E-state index contributed by atoms with van der Waals surface area (Å²) in [6.07, 6.45) is 3.96. The first-order valence-electron chi connectivity index (χ1n) is 5.76. The molecule has 1 aliphatic carbocycles. The minimum atomic E-state index is 0.327. The second kappa shape index (κ2) is 2.71. The first kappa shape index (κ1) is 9.94. The Morgan fingerprint density at radius 3 is 2.93 bits per heavy atom. The Balaban J connectivity index is 1.85. The van der Waals surface area contributed by atoms with E-state index >= 15 is 0 Å². The molecule has 1 saturated carbocycles. The summed E-state index contributed by atoms with van der Waals surface area (Å²) in [5.74, 6) is 0. The first-order chi connectivity index (χ1) is 6.95. The van der Waals surface area contributed by atoms with Crippen LogP contribution in [0.5, 0.6) is 0 Å². The van der Waals surface area contributed by atoms with Gasteiger partial charge in [0.05, 0.1) is 6.04 Å². The van der Waals surface area contributed by atoms with Crippen molar-refractivity contribution in [3.63, 3.8) is 0 Å². The summed E-state index contributed by atoms with van der Waals surface area (Å²) in [4.78, 5) is 2.15. The molecule has 2 saturated heterocycles. The highest BCUT2D eigenvalue weighted by Crippen LogP contribution is 2.74. The molecule has 1 radical (unpaired) electrons. The number of fused-ring (bicyclic) bond motifs is 2. The van der Waals surface area contributed by atoms with Crippen LogP contribution >= 0.6 is 12.2 Å². The molecule has 0 amide bonds. The van der Waals surface area contributed by atoms with Crippen molar-refractivity contribution in [2.24, 2.45) is 0 Å². The van der Waals surface area contributed by atoms with E-state index in [0.717, 1.165) is 6.42 Å². The van der Waals surface area contributed by atoms with Crippen molar-refractivity contribution in [1.82, 2.24) is 4.90 Å². The standard InChI is InChI=1S/C11H17BNOS/c1-10-5-4-7-8(6-11(10,2)12-10)14-9(15)13(7)3/h7-8H,4-6H2,1-3H3. The SMILES string of the molecule is CN1C(=S)OC2CC3(C)[B]C3(C)CCC21. The van der Waals surface area contributed by atoms with Crippen LogP contribution in [0.25, 0.3) is 0 Å². The molecule has 3 rings (SSSR count). The van der Waals surface area contributed by atoms with Gasteiger partial charge in [0.1, 0.15) is 13.4 Å². The van der Waals surface area contributed by atoms with E-state index in [1.165, 1.54) is 12.8 Å². The third-order valence-electron chi connectivity index (χ3n) is 4.91. The van der Waals surface area contributed by atoms with Crippen LogP contribution in [0, 0.1) is 0 Å². The molecule has 4 unspecified atom stereocenters. The third-order valence-corrected chi connectivity index (χ3v) is 5.29. The van der Waals surface area contributed by atoms with Crippen LogP contribution < -0.4 is 0 Å². The zero-order chi connectivity index (χ0) is 10.8. The number of hydrogen-bond acceptors (Lipinski definition) is 2. The van der Waals surface area contributed by atoms with Crippen molar-refractivity contribution in [3.8, 4) is 0 Å². The van der Waals surface area contributed by atoms with Crippen molar-refractivity contribution in [2.45, 2.75) is 55.9 Å². The molecule has 4 atom stereocenters. The van der Waals surface area contributed by atoms with Gasteiger partial charge in [0.25, 0.3) is 5.17 Å². The van der Waals surface area contributed by atoms with Gasteiger partial charge in [-0.3, -0.25) is 0 Å². The van der Waals surface area contributed by atoms with E-state index in [9.17, 15) is 0 Å². The van der Waals surface area contributed by atoms with Gasteiger partial charge < -0.3 is 9.64 Å². The summed E-state index contributed by atoms with van der Waals surface area (Å²) in [5.41, 5.74) is 0. The minimum absolute atomic E-state index is 0.327. The molecule has 0 aromatic heterocycles. The monoisotopic (exact) mass is 222 g/mol. The zero-order valence-corrected chi connectivity index (χ0v) is 10.4. The van der Waals surface area contributed by atoms with Gasteiger partial charge in [-0.05, 0) is 25.1 Å². The topological polar surface area (TPSA) is 12.5 Å². The summed E-state index contributed by atoms with van der Waals surface area (Å²) >= 11 is 5.21. The number of thiocarbonyl (C=S) groups is 1.